The molecule has 2 rings (SSSR count). The van der Waals surface area contributed by atoms with Gasteiger partial charge in [0, 0.05) is 15.6 Å². The van der Waals surface area contributed by atoms with Gasteiger partial charge in [-0.1, -0.05) is 22.9 Å². The number of rotatable bonds is 9. The van der Waals surface area contributed by atoms with Crippen LogP contribution in [-0.4, -0.2) is 38.3 Å². The fraction of sp³-hybridized carbons (Fsp3) is 0.250. The Morgan fingerprint density at radius 1 is 1.18 bits per heavy atom. The molecule has 28 heavy (non-hydrogen) atoms. The van der Waals surface area contributed by atoms with Gasteiger partial charge in [0.25, 0.3) is 11.8 Å². The number of ether oxygens (including phenoxy) is 2. The topological polar surface area (TPSA) is 89.0 Å². The second-order valence-electron chi connectivity index (χ2n) is 5.73. The Labute approximate surface area is 172 Å². The summed E-state index contributed by atoms with van der Waals surface area (Å²) in [5.41, 5.74) is 3.51. The first-order chi connectivity index (χ1) is 13.5. The molecule has 0 atom stereocenters. The molecule has 0 bridgehead atoms. The molecule has 0 aliphatic heterocycles. The first-order valence-corrected chi connectivity index (χ1v) is 9.49. The van der Waals surface area contributed by atoms with Crippen LogP contribution in [0.4, 0.5) is 0 Å². The second-order valence-corrected chi connectivity index (χ2v) is 6.65. The molecule has 0 aliphatic rings. The highest BCUT2D eigenvalue weighted by molar-refractivity contribution is 9.10. The van der Waals surface area contributed by atoms with Gasteiger partial charge in [0.2, 0.25) is 0 Å². The summed E-state index contributed by atoms with van der Waals surface area (Å²) >= 11 is 3.37. The standard InChI is InChI=1S/C20H22BrN3O4/c1-3-10-28-17-7-4-14(5-8-17)20(26)22-13-19(25)24-23-12-15-11-16(21)6-9-18(15)27-2/h4-9,11-12H,3,10,13H2,1-2H3,(H,22,26)(H,24,25). The summed E-state index contributed by atoms with van der Waals surface area (Å²) in [4.78, 5) is 24.0. The summed E-state index contributed by atoms with van der Waals surface area (Å²) in [6.45, 7) is 2.45. The average molecular weight is 448 g/mol. The van der Waals surface area contributed by atoms with Crippen molar-refractivity contribution in [3.8, 4) is 11.5 Å². The van der Waals surface area contributed by atoms with E-state index in [2.05, 4.69) is 31.8 Å². The van der Waals surface area contributed by atoms with E-state index in [0.29, 0.717) is 29.2 Å². The quantitative estimate of drug-likeness (QED) is 0.456. The minimum Gasteiger partial charge on any atom is -0.496 e. The molecule has 2 aromatic carbocycles. The monoisotopic (exact) mass is 447 g/mol. The van der Waals surface area contributed by atoms with Gasteiger partial charge in [-0.15, -0.1) is 0 Å². The average Bonchev–Trinajstić information content (AvgIpc) is 2.71. The Morgan fingerprint density at radius 2 is 1.93 bits per heavy atom. The van der Waals surface area contributed by atoms with Gasteiger partial charge >= 0.3 is 0 Å². The van der Waals surface area contributed by atoms with E-state index in [9.17, 15) is 9.59 Å². The molecule has 8 heteroatoms. The molecule has 0 fully saturated rings. The van der Waals surface area contributed by atoms with Crippen LogP contribution in [0, 0.1) is 0 Å². The molecule has 0 aliphatic carbocycles. The minimum absolute atomic E-state index is 0.195. The van der Waals surface area contributed by atoms with E-state index in [1.165, 1.54) is 6.21 Å². The summed E-state index contributed by atoms with van der Waals surface area (Å²) < 4.78 is 11.6. The molecule has 2 N–H and O–H groups in total. The van der Waals surface area contributed by atoms with Crippen LogP contribution in [0.3, 0.4) is 0 Å². The fourth-order valence-electron chi connectivity index (χ4n) is 2.20. The van der Waals surface area contributed by atoms with Crippen molar-refractivity contribution in [2.75, 3.05) is 20.3 Å². The summed E-state index contributed by atoms with van der Waals surface area (Å²) in [5.74, 6) is 0.533. The lowest BCUT2D eigenvalue weighted by Crippen LogP contribution is -2.34. The van der Waals surface area contributed by atoms with Gasteiger partial charge in [0.05, 0.1) is 26.5 Å². The molecular formula is C20H22BrN3O4. The van der Waals surface area contributed by atoms with Crippen LogP contribution in [-0.2, 0) is 4.79 Å². The summed E-state index contributed by atoms with van der Waals surface area (Å²) in [6, 6.07) is 12.2. The van der Waals surface area contributed by atoms with E-state index in [1.807, 2.05) is 19.1 Å². The molecule has 0 radical (unpaired) electrons. The Balaban J connectivity index is 1.82. The largest absolute Gasteiger partial charge is 0.496 e. The third-order valence-corrected chi connectivity index (χ3v) is 4.08. The summed E-state index contributed by atoms with van der Waals surface area (Å²) in [7, 11) is 1.55. The van der Waals surface area contributed by atoms with Gasteiger partial charge in [-0.2, -0.15) is 5.10 Å². The second kappa shape index (κ2) is 11.1. The van der Waals surface area contributed by atoms with Crippen molar-refractivity contribution in [3.05, 3.63) is 58.1 Å². The van der Waals surface area contributed by atoms with Crippen molar-refractivity contribution in [2.45, 2.75) is 13.3 Å². The van der Waals surface area contributed by atoms with Crippen LogP contribution in [0.25, 0.3) is 0 Å². The maximum atomic E-state index is 12.1. The van der Waals surface area contributed by atoms with Crippen LogP contribution >= 0.6 is 15.9 Å². The number of nitrogens with one attached hydrogen (secondary N) is 2. The van der Waals surface area contributed by atoms with E-state index in [0.717, 1.165) is 10.9 Å². The maximum absolute atomic E-state index is 12.1. The van der Waals surface area contributed by atoms with Gasteiger partial charge in [0.1, 0.15) is 11.5 Å². The Morgan fingerprint density at radius 3 is 2.61 bits per heavy atom. The molecule has 0 unspecified atom stereocenters. The van der Waals surface area contributed by atoms with Crippen LogP contribution in [0.1, 0.15) is 29.3 Å². The third-order valence-electron chi connectivity index (χ3n) is 3.58. The lowest BCUT2D eigenvalue weighted by molar-refractivity contribution is -0.120. The lowest BCUT2D eigenvalue weighted by atomic mass is 10.2. The van der Waals surface area contributed by atoms with Crippen LogP contribution < -0.4 is 20.2 Å². The molecule has 0 aromatic heterocycles. The van der Waals surface area contributed by atoms with Gasteiger partial charge in [-0.3, -0.25) is 9.59 Å². The van der Waals surface area contributed by atoms with Crippen LogP contribution in [0.2, 0.25) is 0 Å². The number of methoxy groups -OCH3 is 1. The van der Waals surface area contributed by atoms with Gasteiger partial charge in [-0.25, -0.2) is 5.43 Å². The molecule has 2 aromatic rings. The van der Waals surface area contributed by atoms with Crippen molar-refractivity contribution in [1.29, 1.82) is 0 Å². The molecule has 0 saturated heterocycles. The van der Waals surface area contributed by atoms with E-state index in [-0.39, 0.29) is 12.5 Å². The normalized spacial score (nSPS) is 10.5. The number of amides is 2. The van der Waals surface area contributed by atoms with E-state index < -0.39 is 5.91 Å². The van der Waals surface area contributed by atoms with Gasteiger partial charge < -0.3 is 14.8 Å². The van der Waals surface area contributed by atoms with E-state index in [1.54, 1.807) is 37.4 Å². The zero-order chi connectivity index (χ0) is 20.4. The maximum Gasteiger partial charge on any atom is 0.259 e. The zero-order valence-corrected chi connectivity index (χ0v) is 17.3. The molecule has 148 valence electrons. The van der Waals surface area contributed by atoms with Crippen molar-refractivity contribution >= 4 is 34.0 Å². The molecule has 2 amide bonds. The molecular weight excluding hydrogens is 426 g/mol. The van der Waals surface area contributed by atoms with Crippen LogP contribution in [0.15, 0.2) is 52.0 Å². The highest BCUT2D eigenvalue weighted by Gasteiger charge is 2.08. The predicted octanol–water partition coefficient (Wildman–Crippen LogP) is 3.13. The zero-order valence-electron chi connectivity index (χ0n) is 15.7. The number of benzene rings is 2. The number of hydrogen-bond donors (Lipinski definition) is 2. The Bertz CT molecular complexity index is 838. The molecule has 7 nitrogen and oxygen atoms in total. The molecule has 0 saturated carbocycles. The van der Waals surface area contributed by atoms with Crippen molar-refractivity contribution in [1.82, 2.24) is 10.7 Å². The smallest absolute Gasteiger partial charge is 0.259 e. The summed E-state index contributed by atoms with van der Waals surface area (Å²) in [6.07, 6.45) is 2.38. The molecule has 0 heterocycles. The number of nitrogens with zero attached hydrogens (tertiary/aromatic N) is 1. The first kappa shape index (κ1) is 21.4. The predicted molar refractivity (Wildman–Crippen MR) is 111 cm³/mol. The fourth-order valence-corrected chi connectivity index (χ4v) is 2.58. The van der Waals surface area contributed by atoms with Crippen molar-refractivity contribution < 1.29 is 19.1 Å². The number of carbonyl (C=O) groups is 2. The van der Waals surface area contributed by atoms with Crippen molar-refractivity contribution in [3.63, 3.8) is 0 Å². The van der Waals surface area contributed by atoms with E-state index >= 15 is 0 Å². The highest BCUT2D eigenvalue weighted by Crippen LogP contribution is 2.21. The van der Waals surface area contributed by atoms with Crippen molar-refractivity contribution in [2.24, 2.45) is 5.10 Å². The SMILES string of the molecule is CCCOc1ccc(C(=O)NCC(=O)NN=Cc2cc(Br)ccc2OC)cc1. The number of hydrazone groups is 1. The first-order valence-electron chi connectivity index (χ1n) is 8.70. The van der Waals surface area contributed by atoms with Gasteiger partial charge in [-0.05, 0) is 48.9 Å². The Kier molecular flexibility index (Phi) is 8.48. The number of hydrogen-bond acceptors (Lipinski definition) is 5. The summed E-state index contributed by atoms with van der Waals surface area (Å²) in [5, 5.41) is 6.43. The Hall–Kier alpha value is -2.87. The molecule has 0 spiro atoms. The lowest BCUT2D eigenvalue weighted by Gasteiger charge is -2.07. The van der Waals surface area contributed by atoms with Crippen LogP contribution in [0.5, 0.6) is 11.5 Å². The number of halogens is 1. The minimum atomic E-state index is -0.443. The number of carbonyl (C=O) groups excluding carboxylic acids is 2. The van der Waals surface area contributed by atoms with E-state index in [4.69, 9.17) is 9.47 Å². The highest BCUT2D eigenvalue weighted by atomic mass is 79.9. The van der Waals surface area contributed by atoms with Gasteiger partial charge in [0.15, 0.2) is 0 Å². The third kappa shape index (κ3) is 6.70.